The van der Waals surface area contributed by atoms with Crippen molar-refractivity contribution >= 4 is 11.9 Å². The van der Waals surface area contributed by atoms with E-state index in [1.165, 1.54) is 12.1 Å². The molecule has 0 unspecified atom stereocenters. The van der Waals surface area contributed by atoms with Gasteiger partial charge in [0.1, 0.15) is 5.82 Å². The molecule has 2 rings (SSSR count). The van der Waals surface area contributed by atoms with E-state index in [1.54, 1.807) is 4.90 Å². The molecule has 1 amide bonds. The molecule has 1 saturated heterocycles. The van der Waals surface area contributed by atoms with Crippen LogP contribution in [-0.2, 0) is 11.3 Å². The molecule has 1 fully saturated rings. The average molecular weight is 252 g/mol. The van der Waals surface area contributed by atoms with E-state index in [-0.39, 0.29) is 24.6 Å². The van der Waals surface area contributed by atoms with Crippen molar-refractivity contribution in [2.45, 2.75) is 6.54 Å². The average Bonchev–Trinajstić information content (AvgIpc) is 2.31. The third kappa shape index (κ3) is 2.84. The minimum atomic E-state index is -1.09. The summed E-state index contributed by atoms with van der Waals surface area (Å²) in [5, 5.41) is 11.5. The van der Waals surface area contributed by atoms with Gasteiger partial charge in [-0.05, 0) is 18.2 Å². The topological polar surface area (TPSA) is 69.6 Å². The Morgan fingerprint density at radius 2 is 2.28 bits per heavy atom. The first kappa shape index (κ1) is 12.5. The summed E-state index contributed by atoms with van der Waals surface area (Å²) >= 11 is 0. The molecule has 6 heteroatoms. The molecular weight excluding hydrogens is 239 g/mol. The summed E-state index contributed by atoms with van der Waals surface area (Å²) in [6.07, 6.45) is 0. The SMILES string of the molecule is O=C1CN(Cc2cc(C(=O)O)ccc2F)CCN1. The highest BCUT2D eigenvalue weighted by Gasteiger charge is 2.18. The number of piperazine rings is 1. The van der Waals surface area contributed by atoms with Crippen molar-refractivity contribution in [2.75, 3.05) is 19.6 Å². The molecule has 0 atom stereocenters. The normalized spacial score (nSPS) is 16.4. The zero-order valence-corrected chi connectivity index (χ0v) is 9.65. The lowest BCUT2D eigenvalue weighted by Gasteiger charge is -2.26. The Kier molecular flexibility index (Phi) is 3.57. The van der Waals surface area contributed by atoms with Crippen LogP contribution >= 0.6 is 0 Å². The molecule has 2 N–H and O–H groups in total. The molecule has 1 aliphatic rings. The molecule has 1 aromatic carbocycles. The van der Waals surface area contributed by atoms with Crippen molar-refractivity contribution in [1.29, 1.82) is 0 Å². The lowest BCUT2D eigenvalue weighted by molar-refractivity contribution is -0.124. The lowest BCUT2D eigenvalue weighted by atomic mass is 10.1. The predicted octanol–water partition coefficient (Wildman–Crippen LogP) is 0.456. The van der Waals surface area contributed by atoms with Gasteiger partial charge >= 0.3 is 5.97 Å². The molecule has 1 heterocycles. The second kappa shape index (κ2) is 5.14. The van der Waals surface area contributed by atoms with Crippen LogP contribution in [0.5, 0.6) is 0 Å². The highest BCUT2D eigenvalue weighted by Crippen LogP contribution is 2.14. The molecule has 0 saturated carbocycles. The fourth-order valence-corrected chi connectivity index (χ4v) is 1.90. The van der Waals surface area contributed by atoms with Gasteiger partial charge in [-0.25, -0.2) is 9.18 Å². The van der Waals surface area contributed by atoms with Crippen molar-refractivity contribution in [3.8, 4) is 0 Å². The fraction of sp³-hybridized carbons (Fsp3) is 0.333. The van der Waals surface area contributed by atoms with Crippen LogP contribution in [0.1, 0.15) is 15.9 Å². The van der Waals surface area contributed by atoms with E-state index in [4.69, 9.17) is 5.11 Å². The number of benzene rings is 1. The number of halogens is 1. The number of rotatable bonds is 3. The van der Waals surface area contributed by atoms with E-state index in [9.17, 15) is 14.0 Å². The molecule has 0 radical (unpaired) electrons. The van der Waals surface area contributed by atoms with Gasteiger partial charge in [0.25, 0.3) is 0 Å². The summed E-state index contributed by atoms with van der Waals surface area (Å²) in [4.78, 5) is 23.8. The van der Waals surface area contributed by atoms with Gasteiger partial charge in [0.15, 0.2) is 0 Å². The molecule has 18 heavy (non-hydrogen) atoms. The van der Waals surface area contributed by atoms with Crippen LogP contribution in [0.15, 0.2) is 18.2 Å². The summed E-state index contributed by atoms with van der Waals surface area (Å²) in [6, 6.07) is 3.68. The van der Waals surface area contributed by atoms with Crippen LogP contribution in [0.3, 0.4) is 0 Å². The van der Waals surface area contributed by atoms with Crippen LogP contribution in [0.4, 0.5) is 4.39 Å². The van der Waals surface area contributed by atoms with Crippen molar-refractivity contribution in [1.82, 2.24) is 10.2 Å². The molecule has 1 aliphatic heterocycles. The Hall–Kier alpha value is -1.95. The van der Waals surface area contributed by atoms with Crippen LogP contribution in [0.2, 0.25) is 0 Å². The molecule has 0 aromatic heterocycles. The number of carboxylic acid groups (broad SMARTS) is 1. The maximum absolute atomic E-state index is 13.6. The van der Waals surface area contributed by atoms with E-state index >= 15 is 0 Å². The van der Waals surface area contributed by atoms with Crippen molar-refractivity contribution in [3.05, 3.63) is 35.1 Å². The fourth-order valence-electron chi connectivity index (χ4n) is 1.90. The number of hydrogen-bond acceptors (Lipinski definition) is 3. The molecule has 0 bridgehead atoms. The lowest BCUT2D eigenvalue weighted by Crippen LogP contribution is -2.47. The Morgan fingerprint density at radius 3 is 2.94 bits per heavy atom. The number of amides is 1. The predicted molar refractivity (Wildman–Crippen MR) is 61.6 cm³/mol. The first-order valence-electron chi connectivity index (χ1n) is 5.57. The highest BCUT2D eigenvalue weighted by molar-refractivity contribution is 5.87. The number of nitrogens with zero attached hydrogens (tertiary/aromatic N) is 1. The highest BCUT2D eigenvalue weighted by atomic mass is 19.1. The van der Waals surface area contributed by atoms with Crippen LogP contribution in [0, 0.1) is 5.82 Å². The number of nitrogens with one attached hydrogen (secondary N) is 1. The van der Waals surface area contributed by atoms with E-state index in [0.717, 1.165) is 6.07 Å². The van der Waals surface area contributed by atoms with Crippen LogP contribution in [0.25, 0.3) is 0 Å². The maximum Gasteiger partial charge on any atom is 0.335 e. The van der Waals surface area contributed by atoms with Gasteiger partial charge < -0.3 is 10.4 Å². The quantitative estimate of drug-likeness (QED) is 0.819. The molecule has 1 aromatic rings. The van der Waals surface area contributed by atoms with Gasteiger partial charge in [0.05, 0.1) is 12.1 Å². The summed E-state index contributed by atoms with van der Waals surface area (Å²) in [5.41, 5.74) is 0.345. The molecule has 5 nitrogen and oxygen atoms in total. The van der Waals surface area contributed by atoms with E-state index in [0.29, 0.717) is 18.7 Å². The number of carbonyl (C=O) groups excluding carboxylic acids is 1. The minimum Gasteiger partial charge on any atom is -0.478 e. The van der Waals surface area contributed by atoms with Gasteiger partial charge in [-0.2, -0.15) is 0 Å². The third-order valence-corrected chi connectivity index (χ3v) is 2.80. The number of carboxylic acids is 1. The first-order valence-corrected chi connectivity index (χ1v) is 5.57. The summed E-state index contributed by atoms with van der Waals surface area (Å²) < 4.78 is 13.6. The Balaban J connectivity index is 2.14. The largest absolute Gasteiger partial charge is 0.478 e. The zero-order valence-electron chi connectivity index (χ0n) is 9.65. The number of aromatic carboxylic acids is 1. The van der Waals surface area contributed by atoms with E-state index in [1.807, 2.05) is 0 Å². The molecular formula is C12H13FN2O3. The number of carbonyl (C=O) groups is 2. The molecule has 96 valence electrons. The molecule has 0 spiro atoms. The van der Waals surface area contributed by atoms with Crippen LogP contribution in [-0.4, -0.2) is 41.5 Å². The number of hydrogen-bond donors (Lipinski definition) is 2. The van der Waals surface area contributed by atoms with Gasteiger partial charge in [-0.3, -0.25) is 9.69 Å². The second-order valence-electron chi connectivity index (χ2n) is 4.17. The van der Waals surface area contributed by atoms with Crippen LogP contribution < -0.4 is 5.32 Å². The first-order chi connectivity index (χ1) is 8.56. The van der Waals surface area contributed by atoms with E-state index < -0.39 is 11.8 Å². The second-order valence-corrected chi connectivity index (χ2v) is 4.17. The Morgan fingerprint density at radius 1 is 1.50 bits per heavy atom. The monoisotopic (exact) mass is 252 g/mol. The van der Waals surface area contributed by atoms with Gasteiger partial charge in [-0.15, -0.1) is 0 Å². The molecule has 0 aliphatic carbocycles. The summed E-state index contributed by atoms with van der Waals surface area (Å²) in [6.45, 7) is 1.60. The maximum atomic E-state index is 13.6. The Bertz CT molecular complexity index is 490. The Labute approximate surface area is 103 Å². The van der Waals surface area contributed by atoms with Gasteiger partial charge in [0.2, 0.25) is 5.91 Å². The van der Waals surface area contributed by atoms with Crippen molar-refractivity contribution in [3.63, 3.8) is 0 Å². The summed E-state index contributed by atoms with van der Waals surface area (Å²) in [5.74, 6) is -1.64. The summed E-state index contributed by atoms with van der Waals surface area (Å²) in [7, 11) is 0. The van der Waals surface area contributed by atoms with Gasteiger partial charge in [0, 0.05) is 25.2 Å². The minimum absolute atomic E-state index is 0.0489. The third-order valence-electron chi connectivity index (χ3n) is 2.80. The van der Waals surface area contributed by atoms with E-state index in [2.05, 4.69) is 5.32 Å². The van der Waals surface area contributed by atoms with Crippen molar-refractivity contribution < 1.29 is 19.1 Å². The zero-order chi connectivity index (χ0) is 13.1. The standard InChI is InChI=1S/C12H13FN2O3/c13-10-2-1-8(12(17)18)5-9(10)6-15-4-3-14-11(16)7-15/h1-2,5H,3-4,6-7H2,(H,14,16)(H,17,18). The van der Waals surface area contributed by atoms with Crippen molar-refractivity contribution in [2.24, 2.45) is 0 Å². The van der Waals surface area contributed by atoms with Gasteiger partial charge in [-0.1, -0.05) is 0 Å². The smallest absolute Gasteiger partial charge is 0.335 e.